The molecule has 1 amide bonds. The number of esters is 1. The topological polar surface area (TPSA) is 55.4 Å². The number of allylic oxidation sites excluding steroid dienone is 2. The second-order valence-corrected chi connectivity index (χ2v) is 7.32. The summed E-state index contributed by atoms with van der Waals surface area (Å²) in [4.78, 5) is 24.4. The molecule has 5 heteroatoms. The third-order valence-corrected chi connectivity index (χ3v) is 5.76. The number of carbonyl (C=O) groups is 2. The maximum atomic E-state index is 12.3. The number of rotatable bonds is 4. The summed E-state index contributed by atoms with van der Waals surface area (Å²) in [5.74, 6) is -0.0997. The molecule has 0 bridgehead atoms. The quantitative estimate of drug-likeness (QED) is 0.348. The van der Waals surface area contributed by atoms with Gasteiger partial charge in [-0.05, 0) is 44.9 Å². The second kappa shape index (κ2) is 5.00. The Bertz CT molecular complexity index is 478. The van der Waals surface area contributed by atoms with Gasteiger partial charge in [0.15, 0.2) is 11.1 Å². The van der Waals surface area contributed by atoms with Crippen molar-refractivity contribution in [2.24, 2.45) is 11.8 Å². The summed E-state index contributed by atoms with van der Waals surface area (Å²) >= 11 is 2.27. The Kier molecular flexibility index (Phi) is 3.59. The summed E-state index contributed by atoms with van der Waals surface area (Å²) < 4.78 is 6.37. The van der Waals surface area contributed by atoms with Gasteiger partial charge in [0.1, 0.15) is 0 Å². The van der Waals surface area contributed by atoms with Gasteiger partial charge in [-0.15, -0.1) is 0 Å². The highest BCUT2D eigenvalue weighted by Gasteiger charge is 2.75. The highest BCUT2D eigenvalue weighted by molar-refractivity contribution is 14.1. The minimum absolute atomic E-state index is 0.0187. The molecule has 1 N–H and O–H groups in total. The molecule has 4 atom stereocenters. The Morgan fingerprint density at radius 2 is 2.30 bits per heavy atom. The molecule has 20 heavy (non-hydrogen) atoms. The Morgan fingerprint density at radius 3 is 2.90 bits per heavy atom. The van der Waals surface area contributed by atoms with E-state index in [9.17, 15) is 9.59 Å². The van der Waals surface area contributed by atoms with E-state index in [4.69, 9.17) is 4.74 Å². The van der Waals surface area contributed by atoms with Crippen molar-refractivity contribution in [2.45, 2.75) is 50.2 Å². The largest absolute Gasteiger partial charge is 0.453 e. The molecule has 0 saturated carbocycles. The van der Waals surface area contributed by atoms with Gasteiger partial charge in [-0.2, -0.15) is 0 Å². The van der Waals surface area contributed by atoms with Gasteiger partial charge in [0.05, 0.1) is 5.92 Å². The Morgan fingerprint density at radius 1 is 1.50 bits per heavy atom. The summed E-state index contributed by atoms with van der Waals surface area (Å²) in [7, 11) is 0. The first-order valence-corrected chi connectivity index (χ1v) is 8.84. The van der Waals surface area contributed by atoms with E-state index in [0.29, 0.717) is 12.3 Å². The molecule has 0 aromatic carbocycles. The van der Waals surface area contributed by atoms with Crippen molar-refractivity contribution in [3.8, 4) is 0 Å². The van der Waals surface area contributed by atoms with Crippen molar-refractivity contribution in [1.82, 2.24) is 5.32 Å². The Hall–Kier alpha value is -0.590. The zero-order valence-corrected chi connectivity index (χ0v) is 13.8. The van der Waals surface area contributed by atoms with Crippen LogP contribution in [-0.4, -0.2) is 27.4 Å². The van der Waals surface area contributed by atoms with Crippen LogP contribution in [0.3, 0.4) is 0 Å². The number of carbonyl (C=O) groups excluding carboxylic acids is 2. The fourth-order valence-corrected chi connectivity index (χ4v) is 4.54. The fraction of sp³-hybridized carbons (Fsp3) is 0.733. The average molecular weight is 389 g/mol. The normalized spacial score (nSPS) is 42.7. The van der Waals surface area contributed by atoms with Gasteiger partial charge in [0.2, 0.25) is 5.91 Å². The van der Waals surface area contributed by atoms with Crippen molar-refractivity contribution in [1.29, 1.82) is 0 Å². The lowest BCUT2D eigenvalue weighted by Crippen LogP contribution is -2.74. The lowest BCUT2D eigenvalue weighted by molar-refractivity contribution is -0.222. The molecule has 0 aromatic heterocycles. The summed E-state index contributed by atoms with van der Waals surface area (Å²) in [6.07, 6.45) is 9.20. The van der Waals surface area contributed by atoms with Gasteiger partial charge in [0.25, 0.3) is 0 Å². The van der Waals surface area contributed by atoms with Crippen LogP contribution in [0.25, 0.3) is 0 Å². The Labute approximate surface area is 132 Å². The predicted octanol–water partition coefficient (Wildman–Crippen LogP) is 2.36. The zero-order chi connectivity index (χ0) is 14.4. The molecule has 4 unspecified atom stereocenters. The van der Waals surface area contributed by atoms with E-state index in [-0.39, 0.29) is 17.8 Å². The molecule has 2 fully saturated rings. The highest BCUT2D eigenvalue weighted by atomic mass is 127. The molecule has 1 aliphatic carbocycles. The first kappa shape index (κ1) is 14.4. The number of alkyl halides is 1. The fourth-order valence-electron chi connectivity index (χ4n) is 3.91. The molecule has 0 aromatic rings. The predicted molar refractivity (Wildman–Crippen MR) is 83.5 cm³/mol. The van der Waals surface area contributed by atoms with Crippen molar-refractivity contribution < 1.29 is 14.3 Å². The van der Waals surface area contributed by atoms with Gasteiger partial charge < -0.3 is 10.1 Å². The summed E-state index contributed by atoms with van der Waals surface area (Å²) in [5.41, 5.74) is -1.44. The summed E-state index contributed by atoms with van der Waals surface area (Å²) in [6, 6.07) is 0. The van der Waals surface area contributed by atoms with Gasteiger partial charge in [0, 0.05) is 4.43 Å². The third-order valence-electron chi connectivity index (χ3n) is 5.14. The van der Waals surface area contributed by atoms with Gasteiger partial charge >= 0.3 is 5.97 Å². The first-order valence-electron chi connectivity index (χ1n) is 7.31. The van der Waals surface area contributed by atoms with E-state index < -0.39 is 11.1 Å². The molecule has 2 aliphatic heterocycles. The molecule has 4 nitrogen and oxygen atoms in total. The van der Waals surface area contributed by atoms with E-state index >= 15 is 0 Å². The number of fused-ring (bicyclic) bond motifs is 1. The van der Waals surface area contributed by atoms with Gasteiger partial charge in [-0.1, -0.05) is 34.7 Å². The van der Waals surface area contributed by atoms with Gasteiger partial charge in [-0.3, -0.25) is 4.79 Å². The molecule has 0 radical (unpaired) electrons. The number of hydrogen-bond acceptors (Lipinski definition) is 3. The van der Waals surface area contributed by atoms with Crippen molar-refractivity contribution in [3.05, 3.63) is 12.2 Å². The number of amides is 1. The first-order chi connectivity index (χ1) is 9.53. The van der Waals surface area contributed by atoms with E-state index in [0.717, 1.165) is 30.1 Å². The molecule has 3 aliphatic rings. The molecule has 0 spiro atoms. The van der Waals surface area contributed by atoms with E-state index in [1.807, 2.05) is 6.92 Å². The van der Waals surface area contributed by atoms with Crippen LogP contribution in [0, 0.1) is 11.8 Å². The van der Waals surface area contributed by atoms with Crippen LogP contribution >= 0.6 is 22.6 Å². The number of hydrogen-bond donors (Lipinski definition) is 1. The average Bonchev–Trinajstić information content (AvgIpc) is 2.59. The van der Waals surface area contributed by atoms with E-state index in [2.05, 4.69) is 40.1 Å². The lowest BCUT2D eigenvalue weighted by atomic mass is 9.66. The summed E-state index contributed by atoms with van der Waals surface area (Å²) in [5, 5.41) is 2.99. The van der Waals surface area contributed by atoms with Crippen molar-refractivity contribution in [3.63, 3.8) is 0 Å². The van der Waals surface area contributed by atoms with Crippen molar-refractivity contribution >= 4 is 34.5 Å². The van der Waals surface area contributed by atoms with Crippen LogP contribution in [0.15, 0.2) is 12.2 Å². The van der Waals surface area contributed by atoms with Crippen LogP contribution in [0.1, 0.15) is 39.0 Å². The standard InChI is InChI=1S/C15H20INO3/c1-14-11(7-8-16)12(18)17-15(14,13(19)20-14)9-10-5-3-2-4-6-10/h3,5,10-11H,2,4,6-9H2,1H3,(H,17,18). The van der Waals surface area contributed by atoms with Crippen LogP contribution < -0.4 is 5.32 Å². The van der Waals surface area contributed by atoms with Crippen LogP contribution in [0.5, 0.6) is 0 Å². The highest BCUT2D eigenvalue weighted by Crippen LogP contribution is 2.53. The molecular weight excluding hydrogens is 369 g/mol. The number of halogens is 1. The van der Waals surface area contributed by atoms with Crippen LogP contribution in [-0.2, 0) is 14.3 Å². The maximum Gasteiger partial charge on any atom is 0.336 e. The van der Waals surface area contributed by atoms with Crippen molar-refractivity contribution in [2.75, 3.05) is 4.43 Å². The second-order valence-electron chi connectivity index (χ2n) is 6.24. The number of ether oxygens (including phenoxy) is 1. The SMILES string of the molecule is CC12OC(=O)C1(CC1C=CCCC1)NC(=O)C2CCI. The molecule has 2 saturated heterocycles. The molecule has 110 valence electrons. The molecule has 3 rings (SSSR count). The summed E-state index contributed by atoms with van der Waals surface area (Å²) in [6.45, 7) is 1.93. The third kappa shape index (κ3) is 1.84. The monoisotopic (exact) mass is 389 g/mol. The smallest absolute Gasteiger partial charge is 0.336 e. The minimum atomic E-state index is -0.785. The van der Waals surface area contributed by atoms with E-state index in [1.165, 1.54) is 0 Å². The maximum absolute atomic E-state index is 12.3. The lowest BCUT2D eigenvalue weighted by Gasteiger charge is -2.52. The zero-order valence-electron chi connectivity index (χ0n) is 11.7. The van der Waals surface area contributed by atoms with Gasteiger partial charge in [-0.25, -0.2) is 4.79 Å². The van der Waals surface area contributed by atoms with Crippen LogP contribution in [0.2, 0.25) is 0 Å². The van der Waals surface area contributed by atoms with E-state index in [1.54, 1.807) is 0 Å². The molecule has 2 heterocycles. The Balaban J connectivity index is 1.86. The molecular formula is C15H20INO3. The number of nitrogens with one attached hydrogen (secondary N) is 1. The van der Waals surface area contributed by atoms with Crippen LogP contribution in [0.4, 0.5) is 0 Å². The minimum Gasteiger partial charge on any atom is -0.453 e.